The van der Waals surface area contributed by atoms with Gasteiger partial charge < -0.3 is 30.4 Å². The van der Waals surface area contributed by atoms with Gasteiger partial charge in [-0.15, -0.1) is 0 Å². The van der Waals surface area contributed by atoms with Gasteiger partial charge in [0, 0.05) is 31.3 Å². The Morgan fingerprint density at radius 2 is 1.91 bits per heavy atom. The van der Waals surface area contributed by atoms with E-state index in [1.165, 1.54) is 11.3 Å². The molecule has 1 aromatic carbocycles. The second-order valence-corrected chi connectivity index (χ2v) is 9.81. The van der Waals surface area contributed by atoms with Crippen LogP contribution in [-0.4, -0.2) is 82.5 Å². The highest BCUT2D eigenvalue weighted by Crippen LogP contribution is 2.53. The lowest BCUT2D eigenvalue weighted by Crippen LogP contribution is -2.65. The number of aromatic nitrogens is 1. The number of aliphatic hydroxyl groups is 3. The molecule has 2 aromatic rings. The van der Waals surface area contributed by atoms with Crippen molar-refractivity contribution in [2.45, 2.75) is 24.5 Å². The van der Waals surface area contributed by atoms with Crippen LogP contribution in [0.15, 0.2) is 33.8 Å². The molecule has 0 radical (unpaired) electrons. The first-order valence-electron chi connectivity index (χ1n) is 11.1. The Balaban J connectivity index is 1.79. The number of nitrogens with zero attached hydrogens (tertiary/aromatic N) is 3. The number of likely N-dealkylation sites (N-methyl/N-ethyl adjacent to an activating group) is 1. The Labute approximate surface area is 200 Å². The number of oxazole rings is 1. The van der Waals surface area contributed by atoms with Crippen LogP contribution in [-0.2, 0) is 20.8 Å². The van der Waals surface area contributed by atoms with Gasteiger partial charge in [-0.1, -0.05) is 0 Å². The van der Waals surface area contributed by atoms with Crippen molar-refractivity contribution in [2.24, 2.45) is 17.6 Å². The number of aliphatic hydroxyl groups excluding tert-OH is 2. The third-order valence-corrected chi connectivity index (χ3v) is 7.50. The van der Waals surface area contributed by atoms with Gasteiger partial charge in [0.2, 0.25) is 5.78 Å². The van der Waals surface area contributed by atoms with Gasteiger partial charge in [0.15, 0.2) is 23.4 Å². The molecular weight excluding hydrogens is 456 g/mol. The van der Waals surface area contributed by atoms with E-state index in [4.69, 9.17) is 10.2 Å². The number of amides is 1. The number of carbonyl (C=O) groups is 3. The highest BCUT2D eigenvalue weighted by Gasteiger charge is 2.64. The van der Waals surface area contributed by atoms with E-state index in [2.05, 4.69) is 4.98 Å². The van der Waals surface area contributed by atoms with Gasteiger partial charge in [0.05, 0.1) is 11.6 Å². The third kappa shape index (κ3) is 2.85. The van der Waals surface area contributed by atoms with Gasteiger partial charge >= 0.3 is 0 Å². The van der Waals surface area contributed by atoms with Gasteiger partial charge in [-0.3, -0.25) is 19.3 Å². The Morgan fingerprint density at radius 1 is 1.23 bits per heavy atom. The van der Waals surface area contributed by atoms with Crippen LogP contribution in [0.5, 0.6) is 0 Å². The number of ketones is 2. The molecule has 1 unspecified atom stereocenters. The second kappa shape index (κ2) is 7.40. The maximum absolute atomic E-state index is 13.9. The first kappa shape index (κ1) is 23.1. The zero-order chi connectivity index (χ0) is 25.6. The minimum atomic E-state index is -2.61. The van der Waals surface area contributed by atoms with Crippen molar-refractivity contribution in [3.63, 3.8) is 0 Å². The highest BCUT2D eigenvalue weighted by molar-refractivity contribution is 6.24. The molecule has 1 aromatic heterocycles. The van der Waals surface area contributed by atoms with Crippen LogP contribution >= 0.6 is 0 Å². The largest absolute Gasteiger partial charge is 0.508 e. The maximum Gasteiger partial charge on any atom is 0.255 e. The summed E-state index contributed by atoms with van der Waals surface area (Å²) in [5.41, 5.74) is 4.43. The number of anilines is 1. The van der Waals surface area contributed by atoms with E-state index in [0.29, 0.717) is 23.1 Å². The first-order chi connectivity index (χ1) is 16.4. The summed E-state index contributed by atoms with van der Waals surface area (Å²) in [5.74, 6) is -6.05. The third-order valence-electron chi connectivity index (χ3n) is 7.50. The topological polar surface area (TPSA) is 170 Å². The average Bonchev–Trinajstić information content (AvgIpc) is 3.23. The fourth-order valence-electron chi connectivity index (χ4n) is 6.01. The zero-order valence-corrected chi connectivity index (χ0v) is 19.7. The molecule has 0 spiro atoms. The summed E-state index contributed by atoms with van der Waals surface area (Å²) in [6.07, 6.45) is 1.65. The fourth-order valence-corrected chi connectivity index (χ4v) is 6.01. The van der Waals surface area contributed by atoms with Crippen molar-refractivity contribution in [3.05, 3.63) is 40.5 Å². The molecule has 1 fully saturated rings. The van der Waals surface area contributed by atoms with E-state index in [-0.39, 0.29) is 17.8 Å². The summed E-state index contributed by atoms with van der Waals surface area (Å²) in [4.78, 5) is 46.6. The summed E-state index contributed by atoms with van der Waals surface area (Å²) in [5, 5.41) is 34.0. The number of carbonyl (C=O) groups excluding carboxylic acids is 3. The van der Waals surface area contributed by atoms with Crippen molar-refractivity contribution in [2.75, 3.05) is 33.1 Å². The SMILES string of the molecule is CN(C)c1cc2ncoc2c2c1C[C@H]1C[C@H]3C(N(C)C)C(=O)C(C(N)=O)=C(O)[C@@]3(O)C(=O)C1=C2O. The van der Waals surface area contributed by atoms with Crippen LogP contribution in [0.2, 0.25) is 0 Å². The number of rotatable bonds is 3. The Hall–Kier alpha value is -3.70. The van der Waals surface area contributed by atoms with Crippen LogP contribution in [0.1, 0.15) is 17.5 Å². The van der Waals surface area contributed by atoms with Crippen LogP contribution in [0.4, 0.5) is 5.69 Å². The fraction of sp³-hybridized carbons (Fsp3) is 0.417. The van der Waals surface area contributed by atoms with Crippen LogP contribution in [0.3, 0.4) is 0 Å². The number of benzene rings is 1. The Morgan fingerprint density at radius 3 is 2.51 bits per heavy atom. The van der Waals surface area contributed by atoms with Crippen LogP contribution < -0.4 is 10.6 Å². The molecule has 3 aliphatic carbocycles. The van der Waals surface area contributed by atoms with Crippen molar-refractivity contribution in [1.29, 1.82) is 0 Å². The summed E-state index contributed by atoms with van der Waals surface area (Å²) in [6.45, 7) is 0. The predicted octanol–water partition coefficient (Wildman–Crippen LogP) is 0.466. The van der Waals surface area contributed by atoms with E-state index >= 15 is 0 Å². The molecule has 1 amide bonds. The molecule has 0 aliphatic heterocycles. The van der Waals surface area contributed by atoms with Crippen molar-refractivity contribution < 1.29 is 34.1 Å². The molecular formula is C24H26N4O7. The molecule has 3 aliphatic rings. The Kier molecular flexibility index (Phi) is 4.87. The minimum Gasteiger partial charge on any atom is -0.508 e. The summed E-state index contributed by atoms with van der Waals surface area (Å²) in [7, 11) is 6.85. The summed E-state index contributed by atoms with van der Waals surface area (Å²) >= 11 is 0. The molecule has 4 atom stereocenters. The zero-order valence-electron chi connectivity index (χ0n) is 19.7. The normalized spacial score (nSPS) is 28.3. The highest BCUT2D eigenvalue weighted by atomic mass is 16.4. The van der Waals surface area contributed by atoms with Crippen molar-refractivity contribution in [1.82, 2.24) is 9.88 Å². The monoisotopic (exact) mass is 482 g/mol. The van der Waals surface area contributed by atoms with Crippen LogP contribution in [0.25, 0.3) is 16.9 Å². The lowest BCUT2D eigenvalue weighted by Gasteiger charge is -2.50. The van der Waals surface area contributed by atoms with Crippen molar-refractivity contribution in [3.8, 4) is 0 Å². The van der Waals surface area contributed by atoms with E-state index in [9.17, 15) is 29.7 Å². The molecule has 0 saturated heterocycles. The molecule has 184 valence electrons. The van der Waals surface area contributed by atoms with Gasteiger partial charge in [-0.2, -0.15) is 0 Å². The molecule has 1 heterocycles. The van der Waals surface area contributed by atoms with E-state index in [0.717, 1.165) is 11.3 Å². The quantitative estimate of drug-likeness (QED) is 0.451. The standard InChI is InChI=1S/C24H26N4O7/c1-27(2)13-7-12-20(35-8-26-12)15-10(13)5-9-6-11-17(28(3)4)19(30)16(23(25)33)22(32)24(11,34)21(31)14(9)18(15)29/h7-9,11,17,29,32,34H,5-6H2,1-4H3,(H2,25,33)/t9-,11-,17?,24-/m0/s1. The smallest absolute Gasteiger partial charge is 0.255 e. The number of nitrogens with two attached hydrogens (primary N) is 1. The van der Waals surface area contributed by atoms with Gasteiger partial charge in [0.25, 0.3) is 5.91 Å². The summed E-state index contributed by atoms with van der Waals surface area (Å²) in [6, 6.07) is 0.745. The van der Waals surface area contributed by atoms with Crippen molar-refractivity contribution >= 4 is 40.0 Å². The predicted molar refractivity (Wildman–Crippen MR) is 124 cm³/mol. The van der Waals surface area contributed by atoms with Gasteiger partial charge in [-0.05, 0) is 44.5 Å². The van der Waals surface area contributed by atoms with Gasteiger partial charge in [-0.25, -0.2) is 4.98 Å². The molecule has 5 rings (SSSR count). The lowest BCUT2D eigenvalue weighted by molar-refractivity contribution is -0.153. The van der Waals surface area contributed by atoms with E-state index < -0.39 is 52.3 Å². The molecule has 0 bridgehead atoms. The maximum atomic E-state index is 13.9. The molecule has 1 saturated carbocycles. The number of primary amides is 1. The molecule has 5 N–H and O–H groups in total. The van der Waals surface area contributed by atoms with E-state index in [1.54, 1.807) is 14.1 Å². The number of fused-ring (bicyclic) bond motifs is 5. The number of hydrogen-bond acceptors (Lipinski definition) is 10. The summed E-state index contributed by atoms with van der Waals surface area (Å²) < 4.78 is 5.53. The number of Topliss-reactive ketones (excluding diaryl/α,β-unsaturated/α-hetero) is 2. The average molecular weight is 482 g/mol. The minimum absolute atomic E-state index is 0.0903. The molecule has 11 nitrogen and oxygen atoms in total. The molecule has 11 heteroatoms. The first-order valence-corrected chi connectivity index (χ1v) is 11.1. The molecule has 35 heavy (non-hydrogen) atoms. The number of hydrogen-bond donors (Lipinski definition) is 4. The van der Waals surface area contributed by atoms with Gasteiger partial charge in [0.1, 0.15) is 22.6 Å². The van der Waals surface area contributed by atoms with E-state index in [1.807, 2.05) is 25.1 Å². The van der Waals surface area contributed by atoms with Crippen LogP contribution in [0, 0.1) is 11.8 Å². The second-order valence-electron chi connectivity index (χ2n) is 9.81. The lowest BCUT2D eigenvalue weighted by atomic mass is 9.57. The Bertz CT molecular complexity index is 1390.